The first kappa shape index (κ1) is 14.3. The minimum Gasteiger partial charge on any atom is -0.463 e. The second-order valence-corrected chi connectivity index (χ2v) is 7.66. The summed E-state index contributed by atoms with van der Waals surface area (Å²) in [6, 6.07) is 14.3. The van der Waals surface area contributed by atoms with Crippen LogP contribution in [0, 0.1) is 0 Å². The van der Waals surface area contributed by atoms with Gasteiger partial charge in [0, 0.05) is 16.5 Å². The Balaban J connectivity index is 1.62. The van der Waals surface area contributed by atoms with Crippen molar-refractivity contribution in [3.8, 4) is 5.75 Å². The molecule has 0 aliphatic carbocycles. The average molecular weight is 401 g/mol. The molecule has 6 heteroatoms. The normalized spacial score (nSPS) is 21.9. The van der Waals surface area contributed by atoms with Crippen LogP contribution in [-0.2, 0) is 0 Å². The van der Waals surface area contributed by atoms with Crippen LogP contribution in [-0.4, -0.2) is 10.7 Å². The van der Waals surface area contributed by atoms with Crippen LogP contribution in [0.1, 0.15) is 34.9 Å². The van der Waals surface area contributed by atoms with E-state index in [1.54, 1.807) is 17.6 Å². The first-order chi connectivity index (χ1) is 11.8. The van der Waals surface area contributed by atoms with Crippen LogP contribution in [0.15, 0.2) is 68.1 Å². The molecule has 5 rings (SSSR count). The Morgan fingerprint density at radius 1 is 1.21 bits per heavy atom. The molecule has 0 spiro atoms. The van der Waals surface area contributed by atoms with Crippen LogP contribution >= 0.6 is 27.3 Å². The van der Waals surface area contributed by atoms with Crippen LogP contribution in [0.2, 0.25) is 0 Å². The Hall–Kier alpha value is -2.05. The fourth-order valence-corrected chi connectivity index (χ4v) is 4.37. The van der Waals surface area contributed by atoms with E-state index in [1.165, 1.54) is 4.88 Å². The Labute approximate surface area is 151 Å². The monoisotopic (exact) mass is 400 g/mol. The zero-order valence-corrected chi connectivity index (χ0v) is 15.0. The Bertz CT molecular complexity index is 905. The lowest BCUT2D eigenvalue weighted by atomic mass is 9.98. The van der Waals surface area contributed by atoms with Crippen LogP contribution in [0.3, 0.4) is 0 Å². The van der Waals surface area contributed by atoms with Gasteiger partial charge >= 0.3 is 0 Å². The lowest BCUT2D eigenvalue weighted by Crippen LogP contribution is -2.33. The predicted molar refractivity (Wildman–Crippen MR) is 96.3 cm³/mol. The number of halogens is 1. The number of fused-ring (bicyclic) bond motifs is 3. The van der Waals surface area contributed by atoms with Gasteiger partial charge in [0.25, 0.3) is 0 Å². The molecule has 0 saturated carbocycles. The van der Waals surface area contributed by atoms with Crippen molar-refractivity contribution >= 4 is 33.0 Å². The van der Waals surface area contributed by atoms with Crippen molar-refractivity contribution < 1.29 is 9.15 Å². The third kappa shape index (κ3) is 2.21. The molecule has 4 nitrogen and oxygen atoms in total. The maximum Gasteiger partial charge on any atom is 0.246 e. The molecule has 2 aliphatic rings. The van der Waals surface area contributed by atoms with E-state index in [4.69, 9.17) is 14.3 Å². The largest absolute Gasteiger partial charge is 0.463 e. The summed E-state index contributed by atoms with van der Waals surface area (Å²) in [5, 5.41) is 8.99. The minimum atomic E-state index is -0.337. The molecule has 0 unspecified atom stereocenters. The molecule has 120 valence electrons. The number of benzene rings is 1. The molecule has 0 bridgehead atoms. The number of hydrogen-bond acceptors (Lipinski definition) is 5. The highest BCUT2D eigenvalue weighted by molar-refractivity contribution is 9.10. The molecule has 1 aromatic carbocycles. The zero-order chi connectivity index (χ0) is 16.1. The fraction of sp³-hybridized carbons (Fsp3) is 0.167. The molecular formula is C18H13BrN2O2S. The van der Waals surface area contributed by atoms with Gasteiger partial charge in [-0.15, -0.1) is 11.3 Å². The first-order valence-corrected chi connectivity index (χ1v) is 9.36. The maximum atomic E-state index is 6.22. The SMILES string of the molecule is Brc1ccc2c(c1)[C@H]1CC(c3cccs3)=NN1[C@@H](c1ccco1)O2. The highest BCUT2D eigenvalue weighted by Crippen LogP contribution is 2.48. The Morgan fingerprint density at radius 3 is 2.96 bits per heavy atom. The first-order valence-electron chi connectivity index (χ1n) is 7.69. The van der Waals surface area contributed by atoms with E-state index in [1.807, 2.05) is 29.3 Å². The lowest BCUT2D eigenvalue weighted by Gasteiger charge is -2.37. The maximum absolute atomic E-state index is 6.22. The highest BCUT2D eigenvalue weighted by Gasteiger charge is 2.42. The van der Waals surface area contributed by atoms with Crippen LogP contribution < -0.4 is 4.74 Å². The average Bonchev–Trinajstić information content (AvgIpc) is 3.33. The van der Waals surface area contributed by atoms with Gasteiger partial charge in [0.2, 0.25) is 6.23 Å². The standard InChI is InChI=1S/C18H13BrN2O2S/c19-11-5-6-15-12(9-11)14-10-13(17-4-2-8-24-17)20-21(14)18(23-15)16-3-1-7-22-16/h1-9,14,18H,10H2/t14-,18-/m1/s1. The number of hydrogen-bond donors (Lipinski definition) is 0. The zero-order valence-electron chi connectivity index (χ0n) is 12.6. The van der Waals surface area contributed by atoms with Crippen molar-refractivity contribution in [2.45, 2.75) is 18.7 Å². The van der Waals surface area contributed by atoms with Crippen molar-refractivity contribution in [1.29, 1.82) is 0 Å². The Morgan fingerprint density at radius 2 is 2.17 bits per heavy atom. The molecule has 2 aromatic heterocycles. The van der Waals surface area contributed by atoms with Crippen molar-refractivity contribution in [3.63, 3.8) is 0 Å². The number of hydrazone groups is 1. The van der Waals surface area contributed by atoms with Crippen LogP contribution in [0.5, 0.6) is 5.75 Å². The highest BCUT2D eigenvalue weighted by atomic mass is 79.9. The van der Waals surface area contributed by atoms with E-state index in [0.717, 1.165) is 33.7 Å². The second kappa shape index (κ2) is 5.50. The summed E-state index contributed by atoms with van der Waals surface area (Å²) in [6.45, 7) is 0. The van der Waals surface area contributed by atoms with E-state index < -0.39 is 0 Å². The molecule has 0 N–H and O–H groups in total. The van der Waals surface area contributed by atoms with E-state index in [2.05, 4.69) is 39.5 Å². The fourth-order valence-electron chi connectivity index (χ4n) is 3.27. The summed E-state index contributed by atoms with van der Waals surface area (Å²) < 4.78 is 12.9. The van der Waals surface area contributed by atoms with E-state index in [9.17, 15) is 0 Å². The van der Waals surface area contributed by atoms with Crippen LogP contribution in [0.4, 0.5) is 0 Å². The summed E-state index contributed by atoms with van der Waals surface area (Å²) >= 11 is 5.28. The van der Waals surface area contributed by atoms with Gasteiger partial charge in [-0.2, -0.15) is 5.10 Å². The summed E-state index contributed by atoms with van der Waals surface area (Å²) in [6.07, 6.45) is 2.20. The molecule has 2 aliphatic heterocycles. The third-order valence-corrected chi connectivity index (χ3v) is 5.76. The third-order valence-electron chi connectivity index (χ3n) is 4.34. The molecule has 2 atom stereocenters. The smallest absolute Gasteiger partial charge is 0.246 e. The van der Waals surface area contributed by atoms with Crippen molar-refractivity contribution in [1.82, 2.24) is 5.01 Å². The lowest BCUT2D eigenvalue weighted by molar-refractivity contribution is -0.0325. The van der Waals surface area contributed by atoms with E-state index in [0.29, 0.717) is 0 Å². The quantitative estimate of drug-likeness (QED) is 0.581. The molecular weight excluding hydrogens is 388 g/mol. The topological polar surface area (TPSA) is 38.0 Å². The van der Waals surface area contributed by atoms with Gasteiger partial charge in [-0.25, -0.2) is 5.01 Å². The van der Waals surface area contributed by atoms with Crippen LogP contribution in [0.25, 0.3) is 0 Å². The molecule has 0 saturated heterocycles. The van der Waals surface area contributed by atoms with E-state index >= 15 is 0 Å². The number of furan rings is 1. The van der Waals surface area contributed by atoms with Gasteiger partial charge in [0.05, 0.1) is 22.9 Å². The van der Waals surface area contributed by atoms with Gasteiger partial charge in [-0.1, -0.05) is 22.0 Å². The Kier molecular flexibility index (Phi) is 3.28. The van der Waals surface area contributed by atoms with E-state index in [-0.39, 0.29) is 12.3 Å². The molecule has 3 aromatic rings. The number of thiophene rings is 1. The number of ether oxygens (including phenoxy) is 1. The molecule has 0 amide bonds. The van der Waals surface area contributed by atoms with Gasteiger partial charge in [0.15, 0.2) is 5.76 Å². The predicted octanol–water partition coefficient (Wildman–Crippen LogP) is 5.35. The number of nitrogens with zero attached hydrogens (tertiary/aromatic N) is 2. The summed E-state index contributed by atoms with van der Waals surface area (Å²) in [7, 11) is 0. The summed E-state index contributed by atoms with van der Waals surface area (Å²) in [5.74, 6) is 1.66. The molecule has 4 heterocycles. The molecule has 0 radical (unpaired) electrons. The molecule has 24 heavy (non-hydrogen) atoms. The van der Waals surface area contributed by atoms with Gasteiger partial charge in [0.1, 0.15) is 5.75 Å². The van der Waals surface area contributed by atoms with Gasteiger partial charge in [-0.05, 0) is 41.8 Å². The van der Waals surface area contributed by atoms with Crippen molar-refractivity contribution in [3.05, 3.63) is 74.8 Å². The minimum absolute atomic E-state index is 0.151. The van der Waals surface area contributed by atoms with Crippen molar-refractivity contribution in [2.75, 3.05) is 0 Å². The van der Waals surface area contributed by atoms with Gasteiger partial charge in [-0.3, -0.25) is 0 Å². The molecule has 0 fully saturated rings. The van der Waals surface area contributed by atoms with Gasteiger partial charge < -0.3 is 9.15 Å². The number of rotatable bonds is 2. The summed E-state index contributed by atoms with van der Waals surface area (Å²) in [5.41, 5.74) is 2.26. The van der Waals surface area contributed by atoms with Crippen molar-refractivity contribution in [2.24, 2.45) is 5.10 Å². The summed E-state index contributed by atoms with van der Waals surface area (Å²) in [4.78, 5) is 1.21. The second-order valence-electron chi connectivity index (χ2n) is 5.79.